The number of amides is 2. The van der Waals surface area contributed by atoms with Gasteiger partial charge in [-0.05, 0) is 36.2 Å². The second kappa shape index (κ2) is 14.8. The number of nitrogens with one attached hydrogen (secondary N) is 2. The van der Waals surface area contributed by atoms with Crippen LogP contribution in [0.3, 0.4) is 0 Å². The van der Waals surface area contributed by atoms with E-state index in [-0.39, 0.29) is 18.4 Å². The van der Waals surface area contributed by atoms with Crippen molar-refractivity contribution in [3.8, 4) is 11.5 Å². The molecule has 0 aliphatic heterocycles. The lowest BCUT2D eigenvalue weighted by molar-refractivity contribution is -0.126. The zero-order valence-corrected chi connectivity index (χ0v) is 18.3. The van der Waals surface area contributed by atoms with Gasteiger partial charge in [-0.2, -0.15) is 5.10 Å². The van der Waals surface area contributed by atoms with Gasteiger partial charge in [-0.25, -0.2) is 5.43 Å². The van der Waals surface area contributed by atoms with Gasteiger partial charge in [0, 0.05) is 6.42 Å². The largest absolute Gasteiger partial charge is 0.457 e. The lowest BCUT2D eigenvalue weighted by atomic mass is 10.1. The molecule has 2 aromatic carbocycles. The molecule has 0 spiro atoms. The molecule has 0 aromatic heterocycles. The first-order valence-corrected chi connectivity index (χ1v) is 11.1. The molecule has 0 bridgehead atoms. The highest BCUT2D eigenvalue weighted by atomic mass is 16.5. The maximum Gasteiger partial charge on any atom is 0.259 e. The second-order valence-electron chi connectivity index (χ2n) is 7.43. The molecular formula is C25H33N3O3. The molecule has 31 heavy (non-hydrogen) atoms. The first-order chi connectivity index (χ1) is 15.2. The van der Waals surface area contributed by atoms with Crippen molar-refractivity contribution in [1.82, 2.24) is 10.7 Å². The minimum absolute atomic E-state index is 0.0795. The van der Waals surface area contributed by atoms with E-state index in [1.165, 1.54) is 38.3 Å². The molecule has 2 N–H and O–H groups in total. The predicted octanol–water partition coefficient (Wildman–Crippen LogP) is 5.19. The number of hydrazone groups is 1. The summed E-state index contributed by atoms with van der Waals surface area (Å²) < 4.78 is 5.78. The van der Waals surface area contributed by atoms with Gasteiger partial charge in [0.15, 0.2) is 0 Å². The van der Waals surface area contributed by atoms with E-state index in [4.69, 9.17) is 4.74 Å². The first-order valence-electron chi connectivity index (χ1n) is 11.1. The minimum Gasteiger partial charge on any atom is -0.457 e. The zero-order chi connectivity index (χ0) is 22.2. The monoisotopic (exact) mass is 423 g/mol. The van der Waals surface area contributed by atoms with Crippen molar-refractivity contribution in [2.75, 3.05) is 6.54 Å². The van der Waals surface area contributed by atoms with Crippen LogP contribution in [0.2, 0.25) is 0 Å². The molecule has 0 saturated heterocycles. The Morgan fingerprint density at radius 3 is 2.35 bits per heavy atom. The van der Waals surface area contributed by atoms with Crippen LogP contribution >= 0.6 is 0 Å². The van der Waals surface area contributed by atoms with Gasteiger partial charge in [0.25, 0.3) is 5.91 Å². The highest BCUT2D eigenvalue weighted by molar-refractivity contribution is 5.86. The molecule has 0 aliphatic carbocycles. The number of rotatable bonds is 14. The molecule has 2 aromatic rings. The molecule has 0 radical (unpaired) electrons. The Kier molecular flexibility index (Phi) is 11.5. The number of benzene rings is 2. The summed E-state index contributed by atoms with van der Waals surface area (Å²) in [6, 6.07) is 16.9. The van der Waals surface area contributed by atoms with Crippen molar-refractivity contribution in [3.05, 3.63) is 60.2 Å². The molecule has 6 nitrogen and oxygen atoms in total. The zero-order valence-electron chi connectivity index (χ0n) is 18.3. The Labute approximate surface area is 185 Å². The van der Waals surface area contributed by atoms with E-state index in [2.05, 4.69) is 22.8 Å². The van der Waals surface area contributed by atoms with Crippen LogP contribution < -0.4 is 15.5 Å². The number of nitrogens with zero attached hydrogens (tertiary/aromatic N) is 1. The Morgan fingerprint density at radius 1 is 0.871 bits per heavy atom. The maximum atomic E-state index is 11.9. The van der Waals surface area contributed by atoms with Crippen LogP contribution in [-0.2, 0) is 9.59 Å². The van der Waals surface area contributed by atoms with Crippen LogP contribution in [-0.4, -0.2) is 24.6 Å². The van der Waals surface area contributed by atoms with E-state index in [1.54, 1.807) is 0 Å². The van der Waals surface area contributed by atoms with Gasteiger partial charge < -0.3 is 10.1 Å². The molecule has 6 heteroatoms. The lowest BCUT2D eigenvalue weighted by Crippen LogP contribution is -2.34. The van der Waals surface area contributed by atoms with Crippen LogP contribution in [0.15, 0.2) is 59.7 Å². The normalized spacial score (nSPS) is 10.7. The fourth-order valence-corrected chi connectivity index (χ4v) is 3.01. The van der Waals surface area contributed by atoms with Gasteiger partial charge >= 0.3 is 0 Å². The smallest absolute Gasteiger partial charge is 0.259 e. The number of hydrogen-bond donors (Lipinski definition) is 2. The van der Waals surface area contributed by atoms with E-state index >= 15 is 0 Å². The molecule has 0 saturated carbocycles. The van der Waals surface area contributed by atoms with E-state index in [0.29, 0.717) is 12.2 Å². The number of carbonyl (C=O) groups is 2. The highest BCUT2D eigenvalue weighted by Crippen LogP contribution is 2.21. The fourth-order valence-electron chi connectivity index (χ4n) is 3.01. The summed E-state index contributed by atoms with van der Waals surface area (Å²) in [4.78, 5) is 23.7. The summed E-state index contributed by atoms with van der Waals surface area (Å²) in [6.45, 7) is 2.12. The van der Waals surface area contributed by atoms with Crippen molar-refractivity contribution in [1.29, 1.82) is 0 Å². The Bertz CT molecular complexity index is 822. The van der Waals surface area contributed by atoms with Crippen molar-refractivity contribution in [2.24, 2.45) is 5.10 Å². The van der Waals surface area contributed by atoms with Crippen molar-refractivity contribution < 1.29 is 14.3 Å². The summed E-state index contributed by atoms with van der Waals surface area (Å²) in [5, 5.41) is 6.58. The van der Waals surface area contributed by atoms with Crippen LogP contribution in [0, 0.1) is 0 Å². The van der Waals surface area contributed by atoms with Crippen molar-refractivity contribution in [2.45, 2.75) is 58.3 Å². The van der Waals surface area contributed by atoms with Gasteiger partial charge in [0.05, 0.1) is 12.8 Å². The second-order valence-corrected chi connectivity index (χ2v) is 7.43. The lowest BCUT2D eigenvalue weighted by Gasteiger charge is -2.06. The number of para-hydroxylation sites is 1. The summed E-state index contributed by atoms with van der Waals surface area (Å²) in [5.41, 5.74) is 3.22. The van der Waals surface area contributed by atoms with Crippen LogP contribution in [0.4, 0.5) is 0 Å². The Hall–Kier alpha value is -3.15. The number of ether oxygens (including phenoxy) is 1. The SMILES string of the molecule is CCCCCCCCCC(=O)NCC(=O)N/N=C\c1cccc(Oc2ccccc2)c1. The van der Waals surface area contributed by atoms with Crippen LogP contribution in [0.25, 0.3) is 0 Å². The first kappa shape index (κ1) is 24.1. The Balaban J connectivity index is 1.62. The summed E-state index contributed by atoms with van der Waals surface area (Å²) >= 11 is 0. The molecule has 166 valence electrons. The number of unbranched alkanes of at least 4 members (excludes halogenated alkanes) is 6. The molecule has 0 aliphatic rings. The van der Waals surface area contributed by atoms with E-state index in [9.17, 15) is 9.59 Å². The maximum absolute atomic E-state index is 11.9. The highest BCUT2D eigenvalue weighted by Gasteiger charge is 2.05. The molecular weight excluding hydrogens is 390 g/mol. The van der Waals surface area contributed by atoms with Crippen molar-refractivity contribution >= 4 is 18.0 Å². The van der Waals surface area contributed by atoms with Gasteiger partial charge in [0.2, 0.25) is 5.91 Å². The predicted molar refractivity (Wildman–Crippen MR) is 124 cm³/mol. The third kappa shape index (κ3) is 11.0. The summed E-state index contributed by atoms with van der Waals surface area (Å²) in [6.07, 6.45) is 10.1. The van der Waals surface area contributed by atoms with Crippen LogP contribution in [0.5, 0.6) is 11.5 Å². The van der Waals surface area contributed by atoms with E-state index in [1.807, 2.05) is 54.6 Å². The molecule has 0 unspecified atom stereocenters. The van der Waals surface area contributed by atoms with Crippen LogP contribution in [0.1, 0.15) is 63.9 Å². The third-order valence-electron chi connectivity index (χ3n) is 4.69. The quantitative estimate of drug-likeness (QED) is 0.249. The molecule has 2 rings (SSSR count). The van der Waals surface area contributed by atoms with Gasteiger partial charge in [0.1, 0.15) is 11.5 Å². The van der Waals surface area contributed by atoms with Crippen molar-refractivity contribution in [3.63, 3.8) is 0 Å². The average Bonchev–Trinajstić information content (AvgIpc) is 2.78. The topological polar surface area (TPSA) is 79.8 Å². The van der Waals surface area contributed by atoms with E-state index < -0.39 is 0 Å². The number of carbonyl (C=O) groups excluding carboxylic acids is 2. The molecule has 0 heterocycles. The summed E-state index contributed by atoms with van der Waals surface area (Å²) in [5.74, 6) is 0.968. The molecule has 0 fully saturated rings. The minimum atomic E-state index is -0.360. The van der Waals surface area contributed by atoms with Gasteiger partial charge in [-0.1, -0.05) is 75.8 Å². The van der Waals surface area contributed by atoms with E-state index in [0.717, 1.165) is 24.2 Å². The Morgan fingerprint density at radius 2 is 1.58 bits per heavy atom. The molecule has 0 atom stereocenters. The standard InChI is InChI=1S/C25H33N3O3/c1-2-3-4-5-6-7-11-17-24(29)26-20-25(30)28-27-19-21-13-12-16-23(18-21)31-22-14-9-8-10-15-22/h8-10,12-16,18-19H,2-7,11,17,20H2,1H3,(H,26,29)(H,28,30)/b27-19-. The number of hydrogen-bond acceptors (Lipinski definition) is 4. The third-order valence-corrected chi connectivity index (χ3v) is 4.69. The average molecular weight is 424 g/mol. The molecule has 2 amide bonds. The summed E-state index contributed by atoms with van der Waals surface area (Å²) in [7, 11) is 0. The van der Waals surface area contributed by atoms with Gasteiger partial charge in [-0.15, -0.1) is 0 Å². The van der Waals surface area contributed by atoms with Gasteiger partial charge in [-0.3, -0.25) is 9.59 Å². The fraction of sp³-hybridized carbons (Fsp3) is 0.400.